The summed E-state index contributed by atoms with van der Waals surface area (Å²) in [5, 5.41) is 10.1. The monoisotopic (exact) mass is 603 g/mol. The van der Waals surface area contributed by atoms with Crippen molar-refractivity contribution >= 4 is 23.5 Å². The third-order valence-corrected chi connectivity index (χ3v) is 7.06. The van der Waals surface area contributed by atoms with Gasteiger partial charge in [0.15, 0.2) is 11.8 Å². The third-order valence-electron chi connectivity index (χ3n) is 7.06. The molecule has 1 unspecified atom stereocenters. The molecule has 0 spiro atoms. The molecule has 5 rings (SSSR count). The van der Waals surface area contributed by atoms with Crippen molar-refractivity contribution in [2.75, 3.05) is 4.90 Å². The van der Waals surface area contributed by atoms with Crippen molar-refractivity contribution in [3.05, 3.63) is 126 Å². The summed E-state index contributed by atoms with van der Waals surface area (Å²) in [5.41, 5.74) is 2.03. The molecule has 3 aromatic carbocycles. The molecule has 0 radical (unpaired) electrons. The van der Waals surface area contributed by atoms with Crippen LogP contribution in [0.15, 0.2) is 103 Å². The predicted molar refractivity (Wildman–Crippen MR) is 155 cm³/mol. The Morgan fingerprint density at radius 3 is 1.82 bits per heavy atom. The van der Waals surface area contributed by atoms with E-state index in [0.717, 1.165) is 40.3 Å². The molecule has 1 aliphatic rings. The Kier molecular flexibility index (Phi) is 8.94. The lowest BCUT2D eigenvalue weighted by Crippen LogP contribution is -2.51. The first-order chi connectivity index (χ1) is 21.1. The van der Waals surface area contributed by atoms with Gasteiger partial charge < -0.3 is 19.6 Å². The molecule has 0 bridgehead atoms. The lowest BCUT2D eigenvalue weighted by molar-refractivity contribution is -0.274. The number of amides is 1. The number of aromatic nitrogens is 1. The number of rotatable bonds is 12. The van der Waals surface area contributed by atoms with Gasteiger partial charge in [-0.05, 0) is 60.4 Å². The predicted octanol–water partition coefficient (Wildman–Crippen LogP) is 6.13. The van der Waals surface area contributed by atoms with E-state index in [1.54, 1.807) is 6.07 Å². The van der Waals surface area contributed by atoms with Gasteiger partial charge >= 0.3 is 12.3 Å². The molecule has 1 atom stereocenters. The molecular formula is C33H28F3N3O5. The summed E-state index contributed by atoms with van der Waals surface area (Å²) in [7, 11) is 0. The topological polar surface area (TPSA) is 100 Å². The Balaban J connectivity index is 1.38. The number of hydrogen-bond donors (Lipinski definition) is 1. The number of benzene rings is 3. The molecular weight excluding hydrogens is 575 g/mol. The Morgan fingerprint density at radius 2 is 1.36 bits per heavy atom. The van der Waals surface area contributed by atoms with Crippen LogP contribution >= 0.6 is 0 Å². The van der Waals surface area contributed by atoms with Gasteiger partial charge in [-0.25, -0.2) is 9.78 Å². The van der Waals surface area contributed by atoms with Gasteiger partial charge in [0.1, 0.15) is 11.6 Å². The fraction of sp³-hybridized carbons (Fsp3) is 0.212. The van der Waals surface area contributed by atoms with Crippen molar-refractivity contribution in [2.24, 2.45) is 0 Å². The van der Waals surface area contributed by atoms with Crippen LogP contribution in [0, 0.1) is 0 Å². The molecule has 44 heavy (non-hydrogen) atoms. The van der Waals surface area contributed by atoms with Crippen molar-refractivity contribution in [3.63, 3.8) is 0 Å². The summed E-state index contributed by atoms with van der Waals surface area (Å²) in [6, 6.07) is 24.5. The summed E-state index contributed by atoms with van der Waals surface area (Å²) in [5.74, 6) is -3.10. The number of carbonyl (C=O) groups excluding carboxylic acids is 2. The highest BCUT2D eigenvalue weighted by molar-refractivity contribution is 6.14. The van der Waals surface area contributed by atoms with Gasteiger partial charge in [-0.3, -0.25) is 9.59 Å². The zero-order chi connectivity index (χ0) is 31.3. The highest BCUT2D eigenvalue weighted by atomic mass is 19.4. The van der Waals surface area contributed by atoms with Crippen molar-refractivity contribution in [1.29, 1.82) is 0 Å². The van der Waals surface area contributed by atoms with Gasteiger partial charge in [0.2, 0.25) is 0 Å². The number of halogens is 3. The summed E-state index contributed by atoms with van der Waals surface area (Å²) < 4.78 is 41.5. The number of pyridine rings is 1. The highest BCUT2D eigenvalue weighted by Gasteiger charge is 2.45. The van der Waals surface area contributed by atoms with E-state index in [0.29, 0.717) is 31.7 Å². The zero-order valence-electron chi connectivity index (χ0n) is 23.4. The third kappa shape index (κ3) is 7.60. The molecule has 0 aliphatic heterocycles. The molecule has 1 aliphatic carbocycles. The Bertz CT molecular complexity index is 1550. The number of alkyl halides is 3. The van der Waals surface area contributed by atoms with E-state index in [1.807, 2.05) is 65.6 Å². The molecule has 1 saturated carbocycles. The molecule has 4 aromatic rings. The summed E-state index contributed by atoms with van der Waals surface area (Å²) in [4.78, 5) is 47.0. The average molecular weight is 604 g/mol. The first kappa shape index (κ1) is 30.3. The number of carboxylic acids is 1. The van der Waals surface area contributed by atoms with Crippen LogP contribution in [0.2, 0.25) is 0 Å². The number of anilines is 1. The second kappa shape index (κ2) is 13.0. The molecule has 11 heteroatoms. The van der Waals surface area contributed by atoms with Gasteiger partial charge in [-0.2, -0.15) is 0 Å². The van der Waals surface area contributed by atoms with Crippen LogP contribution in [-0.4, -0.2) is 51.1 Å². The number of ketones is 1. The summed E-state index contributed by atoms with van der Waals surface area (Å²) >= 11 is 0. The smallest absolute Gasteiger partial charge is 0.479 e. The molecule has 226 valence electrons. The van der Waals surface area contributed by atoms with Crippen LogP contribution in [0.1, 0.15) is 44.7 Å². The molecule has 1 amide bonds. The van der Waals surface area contributed by atoms with Crippen molar-refractivity contribution in [3.8, 4) is 5.75 Å². The normalized spacial score (nSPS) is 13.5. The molecule has 1 heterocycles. The van der Waals surface area contributed by atoms with E-state index >= 15 is 0 Å². The van der Waals surface area contributed by atoms with Gasteiger partial charge in [0.05, 0.1) is 0 Å². The molecule has 8 nitrogen and oxygen atoms in total. The second-order valence-corrected chi connectivity index (χ2v) is 10.4. The Labute approximate surface area is 251 Å². The number of carbonyl (C=O) groups is 3. The average Bonchev–Trinajstić information content (AvgIpc) is 3.85. The number of hydrogen-bond acceptors (Lipinski definition) is 6. The lowest BCUT2D eigenvalue weighted by atomic mass is 10.0. The first-order valence-corrected chi connectivity index (χ1v) is 13.8. The Hall–Kier alpha value is -5.19. The van der Waals surface area contributed by atoms with E-state index in [4.69, 9.17) is 0 Å². The minimum atomic E-state index is -4.91. The molecule has 1 fully saturated rings. The van der Waals surface area contributed by atoms with Crippen LogP contribution in [0.25, 0.3) is 0 Å². The van der Waals surface area contributed by atoms with Crippen LogP contribution < -0.4 is 9.64 Å². The molecule has 1 N–H and O–H groups in total. The van der Waals surface area contributed by atoms with Crippen molar-refractivity contribution in [1.82, 2.24) is 9.88 Å². The summed E-state index contributed by atoms with van der Waals surface area (Å²) in [6.45, 7) is 1.06. The number of ether oxygens (including phenoxy) is 1. The largest absolute Gasteiger partial charge is 0.573 e. The maximum absolute atomic E-state index is 13.6. The van der Waals surface area contributed by atoms with Crippen LogP contribution in [0.5, 0.6) is 5.75 Å². The Morgan fingerprint density at radius 1 is 0.818 bits per heavy atom. The maximum Gasteiger partial charge on any atom is 0.573 e. The SMILES string of the molecule is O=C(O)C(C(=O)c1ccc(N(Cc2ccccc2)Cc2ccccc2)nc1)N(C(=O)c1ccc(OC(F)(F)F)cc1)C1CC1. The van der Waals surface area contributed by atoms with Gasteiger partial charge in [-0.1, -0.05) is 60.7 Å². The summed E-state index contributed by atoms with van der Waals surface area (Å²) in [6.07, 6.45) is -2.63. The fourth-order valence-corrected chi connectivity index (χ4v) is 4.85. The fourth-order valence-electron chi connectivity index (χ4n) is 4.85. The van der Waals surface area contributed by atoms with E-state index in [-0.39, 0.29) is 11.1 Å². The number of aliphatic carboxylic acids is 1. The zero-order valence-corrected chi connectivity index (χ0v) is 23.4. The maximum atomic E-state index is 13.6. The minimum absolute atomic E-state index is 0.00731. The molecule has 0 saturated heterocycles. The van der Waals surface area contributed by atoms with Gasteiger partial charge in [-0.15, -0.1) is 13.2 Å². The highest BCUT2D eigenvalue weighted by Crippen LogP contribution is 2.32. The van der Waals surface area contributed by atoms with E-state index in [1.165, 1.54) is 12.3 Å². The quantitative estimate of drug-likeness (QED) is 0.154. The standard InChI is InChI=1S/C33H28F3N3O5/c34-33(35,36)44-27-16-11-24(12-17-27)31(41)39(26-14-15-26)29(32(42)43)30(40)25-13-18-28(37-19-25)38(20-22-7-3-1-4-8-22)21-23-9-5-2-6-10-23/h1-13,16-19,26,29H,14-15,20-21H2,(H,42,43). The lowest BCUT2D eigenvalue weighted by Gasteiger charge is -2.28. The molecule has 1 aromatic heterocycles. The first-order valence-electron chi connectivity index (χ1n) is 13.8. The van der Waals surface area contributed by atoms with E-state index in [2.05, 4.69) is 9.72 Å². The van der Waals surface area contributed by atoms with E-state index in [9.17, 15) is 32.7 Å². The second-order valence-electron chi connectivity index (χ2n) is 10.4. The van der Waals surface area contributed by atoms with Gasteiger partial charge in [0.25, 0.3) is 5.91 Å². The van der Waals surface area contributed by atoms with Gasteiger partial charge in [0, 0.05) is 36.5 Å². The van der Waals surface area contributed by atoms with E-state index < -0.39 is 41.9 Å². The van der Waals surface area contributed by atoms with Crippen LogP contribution in [0.4, 0.5) is 19.0 Å². The number of Topliss-reactive ketones (excluding diaryl/α,β-unsaturated/α-hetero) is 1. The number of carboxylic acid groups (broad SMARTS) is 1. The van der Waals surface area contributed by atoms with Crippen LogP contribution in [-0.2, 0) is 17.9 Å². The minimum Gasteiger partial charge on any atom is -0.479 e. The van der Waals surface area contributed by atoms with Crippen molar-refractivity contribution < 1.29 is 37.4 Å². The van der Waals surface area contributed by atoms with Crippen LogP contribution in [0.3, 0.4) is 0 Å². The number of nitrogens with zero attached hydrogens (tertiary/aromatic N) is 3. The van der Waals surface area contributed by atoms with Crippen molar-refractivity contribution in [2.45, 2.75) is 44.4 Å².